The Hall–Kier alpha value is -1.94. The Labute approximate surface area is 549 Å². The van der Waals surface area contributed by atoms with Crippen LogP contribution in [0.1, 0.15) is 357 Å². The van der Waals surface area contributed by atoms with Crippen molar-refractivity contribution in [2.24, 2.45) is 17.8 Å². The van der Waals surface area contributed by atoms with Crippen LogP contribution in [0.3, 0.4) is 0 Å². The van der Waals surface area contributed by atoms with E-state index in [1.807, 2.05) is 0 Å². The summed E-state index contributed by atoms with van der Waals surface area (Å²) in [7, 11) is -9.90. The van der Waals surface area contributed by atoms with Crippen molar-refractivity contribution in [1.82, 2.24) is 0 Å². The van der Waals surface area contributed by atoms with E-state index in [4.69, 9.17) is 37.0 Å². The standard InChI is InChI=1S/C71H138O17P2/c1-8-10-11-12-13-14-15-16-17-18-25-30-38-45-52-68(73)81-58-66(87-71(76)55-48-41-32-27-22-20-24-29-37-44-51-64(7)9-2)60-85-89(77,78)83-56-65(72)57-84-90(79,80)86-61-67(59-82-69(74)53-46-39-34-33-36-43-50-63(5)6)88-70(75)54-47-40-31-26-21-19-23-28-35-42-49-62(3)4/h62-67,72H,8-61H2,1-7H3,(H,77,78)(H,79,80)/t64?,65-,66-,67-/m1/s1. The molecule has 0 aromatic heterocycles. The van der Waals surface area contributed by atoms with Gasteiger partial charge in [-0.1, -0.05) is 305 Å². The largest absolute Gasteiger partial charge is 0.472 e. The molecule has 0 fully saturated rings. The number of aliphatic hydroxyl groups excluding tert-OH is 1. The third-order valence-corrected chi connectivity index (χ3v) is 18.6. The van der Waals surface area contributed by atoms with Gasteiger partial charge in [-0.15, -0.1) is 0 Å². The molecule has 0 amide bonds. The van der Waals surface area contributed by atoms with Crippen LogP contribution in [-0.2, 0) is 65.4 Å². The summed E-state index contributed by atoms with van der Waals surface area (Å²) in [5.74, 6) is 0.108. The van der Waals surface area contributed by atoms with Crippen LogP contribution in [0.5, 0.6) is 0 Å². The highest BCUT2D eigenvalue weighted by Crippen LogP contribution is 2.45. The SMILES string of the molecule is CCCCCCCCCCCCCCCCC(=O)OC[C@H](COP(=O)(O)OC[C@@H](O)COP(=O)(O)OC[C@@H](COC(=O)CCCCCCCCC(C)C)OC(=O)CCCCCCCCCCCCC(C)C)OC(=O)CCCCCCCCCCCCC(C)CC. The van der Waals surface area contributed by atoms with Gasteiger partial charge < -0.3 is 33.8 Å². The normalized spacial score (nSPS) is 14.5. The molecule has 17 nitrogen and oxygen atoms in total. The Morgan fingerprint density at radius 1 is 0.322 bits per heavy atom. The van der Waals surface area contributed by atoms with E-state index in [1.165, 1.54) is 161 Å². The van der Waals surface area contributed by atoms with Crippen molar-refractivity contribution in [3.05, 3.63) is 0 Å². The molecule has 0 saturated heterocycles. The van der Waals surface area contributed by atoms with Crippen LogP contribution in [0, 0.1) is 17.8 Å². The molecular formula is C71H138O17P2. The molecule has 0 spiro atoms. The van der Waals surface area contributed by atoms with Gasteiger partial charge in [0.2, 0.25) is 0 Å². The fourth-order valence-electron chi connectivity index (χ4n) is 10.7. The molecule has 0 aromatic carbocycles. The molecule has 6 atom stereocenters. The summed E-state index contributed by atoms with van der Waals surface area (Å²) in [6.45, 7) is 11.8. The highest BCUT2D eigenvalue weighted by Gasteiger charge is 2.30. The van der Waals surface area contributed by atoms with E-state index in [0.717, 1.165) is 108 Å². The summed E-state index contributed by atoms with van der Waals surface area (Å²) in [6, 6.07) is 0. The number of carbonyl (C=O) groups is 4. The second-order valence-electron chi connectivity index (χ2n) is 26.8. The van der Waals surface area contributed by atoms with E-state index >= 15 is 0 Å². The van der Waals surface area contributed by atoms with Crippen molar-refractivity contribution in [2.75, 3.05) is 39.6 Å². The fraction of sp³-hybridized carbons (Fsp3) is 0.944. The van der Waals surface area contributed by atoms with Gasteiger partial charge in [-0.25, -0.2) is 9.13 Å². The molecule has 19 heteroatoms. The average Bonchev–Trinajstić information content (AvgIpc) is 2.09. The predicted molar refractivity (Wildman–Crippen MR) is 363 cm³/mol. The Morgan fingerprint density at radius 3 is 0.844 bits per heavy atom. The van der Waals surface area contributed by atoms with Gasteiger partial charge in [-0.3, -0.25) is 37.3 Å². The highest BCUT2D eigenvalue weighted by atomic mass is 31.2. The molecule has 534 valence electrons. The quantitative estimate of drug-likeness (QED) is 0.0222. The molecule has 0 saturated carbocycles. The minimum absolute atomic E-state index is 0.105. The number of hydrogen-bond donors (Lipinski definition) is 3. The lowest BCUT2D eigenvalue weighted by Gasteiger charge is -2.21. The first-order valence-electron chi connectivity index (χ1n) is 36.9. The Balaban J connectivity index is 5.25. The lowest BCUT2D eigenvalue weighted by molar-refractivity contribution is -0.161. The van der Waals surface area contributed by atoms with Crippen LogP contribution in [0.2, 0.25) is 0 Å². The van der Waals surface area contributed by atoms with Gasteiger partial charge in [0.1, 0.15) is 19.3 Å². The van der Waals surface area contributed by atoms with Gasteiger partial charge >= 0.3 is 39.5 Å². The molecule has 90 heavy (non-hydrogen) atoms. The first-order chi connectivity index (χ1) is 43.3. The first kappa shape index (κ1) is 88.1. The van der Waals surface area contributed by atoms with Crippen molar-refractivity contribution < 1.29 is 80.2 Å². The Kier molecular flexibility index (Phi) is 60.6. The maximum Gasteiger partial charge on any atom is 0.472 e. The van der Waals surface area contributed by atoms with Crippen LogP contribution < -0.4 is 0 Å². The molecule has 0 rings (SSSR count). The number of unbranched alkanes of at least 4 members (excludes halogenated alkanes) is 36. The Bertz CT molecular complexity index is 1770. The number of esters is 4. The molecule has 0 aliphatic rings. The van der Waals surface area contributed by atoms with E-state index in [-0.39, 0.29) is 25.7 Å². The zero-order valence-corrected chi connectivity index (χ0v) is 60.4. The summed E-state index contributed by atoms with van der Waals surface area (Å²) >= 11 is 0. The highest BCUT2D eigenvalue weighted by molar-refractivity contribution is 7.47. The second kappa shape index (κ2) is 61.9. The van der Waals surface area contributed by atoms with E-state index in [2.05, 4.69) is 48.5 Å². The number of hydrogen-bond acceptors (Lipinski definition) is 15. The smallest absolute Gasteiger partial charge is 0.462 e. The Morgan fingerprint density at radius 2 is 0.567 bits per heavy atom. The molecular weight excluding hydrogens is 1190 g/mol. The summed E-state index contributed by atoms with van der Waals surface area (Å²) in [4.78, 5) is 72.6. The second-order valence-corrected chi connectivity index (χ2v) is 29.7. The maximum absolute atomic E-state index is 13.0. The molecule has 3 N–H and O–H groups in total. The number of phosphoric ester groups is 2. The van der Waals surface area contributed by atoms with Gasteiger partial charge in [-0.2, -0.15) is 0 Å². The molecule has 0 bridgehead atoms. The van der Waals surface area contributed by atoms with Crippen LogP contribution in [0.15, 0.2) is 0 Å². The van der Waals surface area contributed by atoms with E-state index < -0.39 is 97.5 Å². The zero-order chi connectivity index (χ0) is 66.6. The van der Waals surface area contributed by atoms with Gasteiger partial charge in [-0.05, 0) is 43.4 Å². The van der Waals surface area contributed by atoms with Crippen molar-refractivity contribution in [3.8, 4) is 0 Å². The van der Waals surface area contributed by atoms with E-state index in [0.29, 0.717) is 31.6 Å². The molecule has 0 heterocycles. The lowest BCUT2D eigenvalue weighted by atomic mass is 9.99. The minimum Gasteiger partial charge on any atom is -0.462 e. The molecule has 3 unspecified atom stereocenters. The molecule has 0 radical (unpaired) electrons. The molecule has 0 aromatic rings. The number of phosphoric acid groups is 2. The van der Waals surface area contributed by atoms with E-state index in [1.54, 1.807) is 0 Å². The molecule has 0 aliphatic heterocycles. The number of ether oxygens (including phenoxy) is 4. The number of carbonyl (C=O) groups excluding carboxylic acids is 4. The lowest BCUT2D eigenvalue weighted by Crippen LogP contribution is -2.30. The van der Waals surface area contributed by atoms with Gasteiger partial charge in [0.15, 0.2) is 12.2 Å². The maximum atomic E-state index is 13.0. The fourth-order valence-corrected chi connectivity index (χ4v) is 12.3. The third kappa shape index (κ3) is 63.5. The summed E-state index contributed by atoms with van der Waals surface area (Å²) in [5.41, 5.74) is 0. The molecule has 0 aliphatic carbocycles. The van der Waals surface area contributed by atoms with Crippen LogP contribution in [0.4, 0.5) is 0 Å². The summed E-state index contributed by atoms with van der Waals surface area (Å²) in [5, 5.41) is 10.6. The van der Waals surface area contributed by atoms with Crippen molar-refractivity contribution in [2.45, 2.75) is 375 Å². The van der Waals surface area contributed by atoms with Crippen LogP contribution >= 0.6 is 15.6 Å². The van der Waals surface area contributed by atoms with Gasteiger partial charge in [0.05, 0.1) is 26.4 Å². The van der Waals surface area contributed by atoms with Crippen molar-refractivity contribution in [3.63, 3.8) is 0 Å². The topological polar surface area (TPSA) is 237 Å². The average molecular weight is 1330 g/mol. The van der Waals surface area contributed by atoms with Crippen LogP contribution in [0.25, 0.3) is 0 Å². The van der Waals surface area contributed by atoms with Gasteiger partial charge in [0, 0.05) is 25.7 Å². The van der Waals surface area contributed by atoms with Gasteiger partial charge in [0.25, 0.3) is 0 Å². The zero-order valence-electron chi connectivity index (χ0n) is 58.6. The summed E-state index contributed by atoms with van der Waals surface area (Å²) < 4.78 is 68.3. The van der Waals surface area contributed by atoms with Crippen molar-refractivity contribution >= 4 is 39.5 Å². The third-order valence-electron chi connectivity index (χ3n) is 16.7. The van der Waals surface area contributed by atoms with Crippen molar-refractivity contribution in [1.29, 1.82) is 0 Å². The van der Waals surface area contributed by atoms with Crippen LogP contribution in [-0.4, -0.2) is 96.7 Å². The van der Waals surface area contributed by atoms with E-state index in [9.17, 15) is 43.2 Å². The first-order valence-corrected chi connectivity index (χ1v) is 39.9. The number of aliphatic hydroxyl groups is 1. The minimum atomic E-state index is -4.95. The monoisotopic (exact) mass is 1320 g/mol. The summed E-state index contributed by atoms with van der Waals surface area (Å²) in [6.07, 6.45) is 45.8. The number of rotatable bonds is 69. The predicted octanol–water partition coefficient (Wildman–Crippen LogP) is 20.2.